The maximum Gasteiger partial charge on any atom is 0.227 e. The number of benzene rings is 2. The molecule has 0 saturated heterocycles. The predicted octanol–water partition coefficient (Wildman–Crippen LogP) is 4.17. The molecule has 3 aromatic rings. The lowest BCUT2D eigenvalue weighted by Crippen LogP contribution is -2.23. The first-order chi connectivity index (χ1) is 11.7. The van der Waals surface area contributed by atoms with E-state index in [-0.39, 0.29) is 17.9 Å². The van der Waals surface area contributed by atoms with Crippen LogP contribution < -0.4 is 11.1 Å². The number of carbonyl (C=O) groups is 1. The van der Waals surface area contributed by atoms with E-state index in [1.165, 1.54) is 0 Å². The van der Waals surface area contributed by atoms with Gasteiger partial charge in [0.2, 0.25) is 5.91 Å². The minimum atomic E-state index is 0.0371. The summed E-state index contributed by atoms with van der Waals surface area (Å²) in [6, 6.07) is 17.9. The van der Waals surface area contributed by atoms with E-state index in [1.54, 1.807) is 0 Å². The maximum absolute atomic E-state index is 12.2. The van der Waals surface area contributed by atoms with Gasteiger partial charge in [-0.2, -0.15) is 0 Å². The molecule has 0 spiro atoms. The summed E-state index contributed by atoms with van der Waals surface area (Å²) in [5.74, 6) is 0.935. The molecule has 2 aromatic carbocycles. The van der Waals surface area contributed by atoms with Crippen LogP contribution in [-0.2, 0) is 4.79 Å². The first-order valence-corrected chi connectivity index (χ1v) is 8.34. The molecule has 1 aromatic heterocycles. The van der Waals surface area contributed by atoms with Crippen molar-refractivity contribution in [3.05, 3.63) is 54.6 Å². The van der Waals surface area contributed by atoms with E-state index in [0.29, 0.717) is 0 Å². The van der Waals surface area contributed by atoms with Gasteiger partial charge in [0, 0.05) is 28.6 Å². The number of carbonyl (C=O) groups excluding carboxylic acids is 1. The van der Waals surface area contributed by atoms with E-state index in [9.17, 15) is 4.79 Å². The Kier molecular flexibility index (Phi) is 3.82. The Labute approximate surface area is 140 Å². The minimum absolute atomic E-state index is 0.0371. The molecular formula is C20H20N2O2. The standard InChI is InChI=1S/C20H20N2O2/c21-16-8-5-15(11-16)20(23)22-17-9-6-13(7-10-17)19-12-14-3-1-2-4-18(14)24-19/h1-4,6-7,9-10,12,15-16H,5,8,11,21H2,(H,22,23). The van der Waals surface area contributed by atoms with Crippen molar-refractivity contribution in [2.45, 2.75) is 25.3 Å². The fourth-order valence-electron chi connectivity index (χ4n) is 3.34. The van der Waals surface area contributed by atoms with Crippen LogP contribution in [0.5, 0.6) is 0 Å². The van der Waals surface area contributed by atoms with Crippen LogP contribution in [0.4, 0.5) is 5.69 Å². The Morgan fingerprint density at radius 2 is 1.88 bits per heavy atom. The molecule has 1 aliphatic carbocycles. The average Bonchev–Trinajstić information content (AvgIpc) is 3.21. The van der Waals surface area contributed by atoms with Crippen LogP contribution in [0.3, 0.4) is 0 Å². The zero-order valence-electron chi connectivity index (χ0n) is 13.4. The Hall–Kier alpha value is -2.59. The number of anilines is 1. The van der Waals surface area contributed by atoms with Crippen molar-refractivity contribution in [3.63, 3.8) is 0 Å². The molecule has 0 bridgehead atoms. The molecule has 2 atom stereocenters. The van der Waals surface area contributed by atoms with Gasteiger partial charge in [0.05, 0.1) is 0 Å². The quantitative estimate of drug-likeness (QED) is 0.761. The highest BCUT2D eigenvalue weighted by Crippen LogP contribution is 2.29. The SMILES string of the molecule is NC1CCC(C(=O)Nc2ccc(-c3cc4ccccc4o3)cc2)C1. The van der Waals surface area contributed by atoms with Gasteiger partial charge in [-0.1, -0.05) is 18.2 Å². The number of para-hydroxylation sites is 1. The van der Waals surface area contributed by atoms with E-state index in [0.717, 1.165) is 47.2 Å². The third-order valence-electron chi connectivity index (χ3n) is 4.71. The fourth-order valence-corrected chi connectivity index (χ4v) is 3.34. The fraction of sp³-hybridized carbons (Fsp3) is 0.250. The van der Waals surface area contributed by atoms with E-state index in [4.69, 9.17) is 10.2 Å². The van der Waals surface area contributed by atoms with Crippen molar-refractivity contribution < 1.29 is 9.21 Å². The Balaban J connectivity index is 1.49. The zero-order chi connectivity index (χ0) is 16.5. The summed E-state index contributed by atoms with van der Waals surface area (Å²) in [7, 11) is 0. The third-order valence-corrected chi connectivity index (χ3v) is 4.71. The molecule has 122 valence electrons. The summed E-state index contributed by atoms with van der Waals surface area (Å²) in [5.41, 5.74) is 8.56. The van der Waals surface area contributed by atoms with Crippen LogP contribution in [0.15, 0.2) is 59.0 Å². The highest BCUT2D eigenvalue weighted by atomic mass is 16.3. The van der Waals surface area contributed by atoms with Crippen LogP contribution >= 0.6 is 0 Å². The number of amides is 1. The molecule has 1 saturated carbocycles. The highest BCUT2D eigenvalue weighted by molar-refractivity contribution is 5.93. The zero-order valence-corrected chi connectivity index (χ0v) is 13.4. The van der Waals surface area contributed by atoms with Gasteiger partial charge >= 0.3 is 0 Å². The minimum Gasteiger partial charge on any atom is -0.456 e. The lowest BCUT2D eigenvalue weighted by Gasteiger charge is -2.11. The molecule has 0 aliphatic heterocycles. The molecule has 1 amide bonds. The van der Waals surface area contributed by atoms with E-state index >= 15 is 0 Å². The Morgan fingerprint density at radius 3 is 2.58 bits per heavy atom. The summed E-state index contributed by atoms with van der Waals surface area (Å²) in [6.07, 6.45) is 2.59. The number of hydrogen-bond donors (Lipinski definition) is 2. The Morgan fingerprint density at radius 1 is 1.08 bits per heavy atom. The normalized spacial score (nSPS) is 20.4. The molecule has 1 fully saturated rings. The lowest BCUT2D eigenvalue weighted by molar-refractivity contribution is -0.119. The molecule has 24 heavy (non-hydrogen) atoms. The summed E-state index contributed by atoms with van der Waals surface area (Å²) in [6.45, 7) is 0. The first-order valence-electron chi connectivity index (χ1n) is 8.34. The number of nitrogens with two attached hydrogens (primary N) is 1. The van der Waals surface area contributed by atoms with Crippen LogP contribution in [-0.4, -0.2) is 11.9 Å². The second-order valence-corrected chi connectivity index (χ2v) is 6.49. The van der Waals surface area contributed by atoms with Crippen molar-refractivity contribution in [3.8, 4) is 11.3 Å². The average molecular weight is 320 g/mol. The third kappa shape index (κ3) is 2.93. The van der Waals surface area contributed by atoms with Crippen molar-refractivity contribution in [2.75, 3.05) is 5.32 Å². The summed E-state index contributed by atoms with van der Waals surface area (Å²) in [5, 5.41) is 4.07. The second kappa shape index (κ2) is 6.13. The second-order valence-electron chi connectivity index (χ2n) is 6.49. The van der Waals surface area contributed by atoms with Gasteiger partial charge in [-0.15, -0.1) is 0 Å². The van der Waals surface area contributed by atoms with Gasteiger partial charge in [0.15, 0.2) is 0 Å². The van der Waals surface area contributed by atoms with Crippen molar-refractivity contribution in [1.29, 1.82) is 0 Å². The molecule has 4 nitrogen and oxygen atoms in total. The number of hydrogen-bond acceptors (Lipinski definition) is 3. The van der Waals surface area contributed by atoms with E-state index in [1.807, 2.05) is 54.6 Å². The number of furan rings is 1. The van der Waals surface area contributed by atoms with Crippen LogP contribution in [0.1, 0.15) is 19.3 Å². The summed E-state index contributed by atoms with van der Waals surface area (Å²) in [4.78, 5) is 12.2. The van der Waals surface area contributed by atoms with Gasteiger partial charge < -0.3 is 15.5 Å². The predicted molar refractivity (Wildman–Crippen MR) is 95.6 cm³/mol. The molecule has 4 rings (SSSR count). The van der Waals surface area contributed by atoms with Crippen LogP contribution in [0, 0.1) is 5.92 Å². The Bertz CT molecular complexity index is 834. The molecule has 1 heterocycles. The first kappa shape index (κ1) is 15.0. The lowest BCUT2D eigenvalue weighted by atomic mass is 10.1. The molecule has 4 heteroatoms. The smallest absolute Gasteiger partial charge is 0.227 e. The van der Waals surface area contributed by atoms with Crippen molar-refractivity contribution in [2.24, 2.45) is 11.7 Å². The van der Waals surface area contributed by atoms with Gasteiger partial charge in [-0.3, -0.25) is 4.79 Å². The summed E-state index contributed by atoms with van der Waals surface area (Å²) < 4.78 is 5.87. The van der Waals surface area contributed by atoms with Gasteiger partial charge in [-0.05, 0) is 55.7 Å². The van der Waals surface area contributed by atoms with Gasteiger partial charge in [-0.25, -0.2) is 0 Å². The van der Waals surface area contributed by atoms with Crippen molar-refractivity contribution in [1.82, 2.24) is 0 Å². The van der Waals surface area contributed by atoms with Crippen molar-refractivity contribution >= 4 is 22.6 Å². The molecule has 0 radical (unpaired) electrons. The largest absolute Gasteiger partial charge is 0.456 e. The van der Waals surface area contributed by atoms with E-state index < -0.39 is 0 Å². The molecule has 1 aliphatic rings. The van der Waals surface area contributed by atoms with Gasteiger partial charge in [0.1, 0.15) is 11.3 Å². The van der Waals surface area contributed by atoms with E-state index in [2.05, 4.69) is 5.32 Å². The monoisotopic (exact) mass is 320 g/mol. The molecular weight excluding hydrogens is 300 g/mol. The number of fused-ring (bicyclic) bond motifs is 1. The van der Waals surface area contributed by atoms with Crippen LogP contribution in [0.2, 0.25) is 0 Å². The number of nitrogens with one attached hydrogen (secondary N) is 1. The molecule has 3 N–H and O–H groups in total. The topological polar surface area (TPSA) is 68.3 Å². The number of rotatable bonds is 3. The van der Waals surface area contributed by atoms with Crippen LogP contribution in [0.25, 0.3) is 22.3 Å². The molecule has 2 unspecified atom stereocenters. The maximum atomic E-state index is 12.2. The van der Waals surface area contributed by atoms with Gasteiger partial charge in [0.25, 0.3) is 0 Å². The highest BCUT2D eigenvalue weighted by Gasteiger charge is 2.27. The summed E-state index contributed by atoms with van der Waals surface area (Å²) >= 11 is 0.